The summed E-state index contributed by atoms with van der Waals surface area (Å²) >= 11 is 3.93. The van der Waals surface area contributed by atoms with Gasteiger partial charge in [-0.2, -0.15) is 0 Å². The summed E-state index contributed by atoms with van der Waals surface area (Å²) in [7, 11) is 0. The Labute approximate surface area is 131 Å². The minimum atomic E-state index is 0.0335. The first-order chi connectivity index (χ1) is 9.19. The van der Waals surface area contributed by atoms with Crippen LogP contribution in [0.4, 0.5) is 0 Å². The lowest BCUT2D eigenvalue weighted by atomic mass is 10.1. The van der Waals surface area contributed by atoms with E-state index in [0.29, 0.717) is 0 Å². The summed E-state index contributed by atoms with van der Waals surface area (Å²) in [5.41, 5.74) is 1.76. The highest BCUT2D eigenvalue weighted by Gasteiger charge is 2.01. The molecule has 0 unspecified atom stereocenters. The topological polar surface area (TPSA) is 17.1 Å². The number of carbonyl (C=O) groups excluding carboxylic acids is 1. The van der Waals surface area contributed by atoms with Crippen molar-refractivity contribution in [1.29, 1.82) is 0 Å². The molecule has 0 aliphatic rings. The smallest absolute Gasteiger partial charge is 0.185 e. The van der Waals surface area contributed by atoms with Crippen LogP contribution in [-0.4, -0.2) is 12.0 Å². The van der Waals surface area contributed by atoms with E-state index < -0.39 is 0 Å². The first kappa shape index (κ1) is 14.3. The molecule has 0 aliphatic carbocycles. The van der Waals surface area contributed by atoms with Gasteiger partial charge in [0.2, 0.25) is 0 Å². The highest BCUT2D eigenvalue weighted by Crippen LogP contribution is 2.15. The van der Waals surface area contributed by atoms with Gasteiger partial charge in [-0.15, -0.1) is 11.8 Å². The molecule has 0 radical (unpaired) electrons. The number of benzene rings is 2. The molecule has 0 aliphatic heterocycles. The van der Waals surface area contributed by atoms with E-state index >= 15 is 0 Å². The van der Waals surface area contributed by atoms with Crippen molar-refractivity contribution in [2.75, 3.05) is 6.26 Å². The molecule has 0 saturated heterocycles. The lowest BCUT2D eigenvalue weighted by molar-refractivity contribution is 0.104. The fraction of sp³-hybridized carbons (Fsp3) is 0.0625. The van der Waals surface area contributed by atoms with Crippen LogP contribution >= 0.6 is 34.4 Å². The Bertz CT molecular complexity index is 585. The van der Waals surface area contributed by atoms with Crippen LogP contribution in [-0.2, 0) is 0 Å². The summed E-state index contributed by atoms with van der Waals surface area (Å²) in [6.07, 6.45) is 5.49. The van der Waals surface area contributed by atoms with Gasteiger partial charge < -0.3 is 0 Å². The monoisotopic (exact) mass is 380 g/mol. The molecule has 0 spiro atoms. The Morgan fingerprint density at radius 3 is 2.26 bits per heavy atom. The summed E-state index contributed by atoms with van der Waals surface area (Å²) in [6.45, 7) is 0. The van der Waals surface area contributed by atoms with Crippen LogP contribution in [0.3, 0.4) is 0 Å². The summed E-state index contributed by atoms with van der Waals surface area (Å²) < 4.78 is 1.19. The van der Waals surface area contributed by atoms with Gasteiger partial charge >= 0.3 is 0 Å². The fourth-order valence-electron chi connectivity index (χ4n) is 1.60. The third-order valence-corrected chi connectivity index (χ3v) is 4.13. The number of thioether (sulfide) groups is 1. The van der Waals surface area contributed by atoms with Crippen LogP contribution in [0.5, 0.6) is 0 Å². The molecule has 0 heterocycles. The zero-order valence-corrected chi connectivity index (χ0v) is 13.4. The van der Waals surface area contributed by atoms with Gasteiger partial charge in [0.1, 0.15) is 0 Å². The predicted molar refractivity (Wildman–Crippen MR) is 90.7 cm³/mol. The molecule has 3 heteroatoms. The minimum absolute atomic E-state index is 0.0335. The van der Waals surface area contributed by atoms with E-state index in [0.717, 1.165) is 16.0 Å². The predicted octanol–water partition coefficient (Wildman–Crippen LogP) is 4.91. The quantitative estimate of drug-likeness (QED) is 0.325. The minimum Gasteiger partial charge on any atom is -0.289 e. The van der Waals surface area contributed by atoms with Crippen LogP contribution in [0.15, 0.2) is 59.5 Å². The summed E-state index contributed by atoms with van der Waals surface area (Å²) in [5.74, 6) is 0.0335. The zero-order valence-electron chi connectivity index (χ0n) is 10.5. The second kappa shape index (κ2) is 6.91. The second-order valence-corrected chi connectivity index (χ2v) is 6.10. The summed E-state index contributed by atoms with van der Waals surface area (Å²) in [6, 6.07) is 15.7. The molecule has 0 bridgehead atoms. The van der Waals surface area contributed by atoms with E-state index in [9.17, 15) is 4.79 Å². The van der Waals surface area contributed by atoms with E-state index in [4.69, 9.17) is 0 Å². The lowest BCUT2D eigenvalue weighted by Gasteiger charge is -1.98. The molecule has 2 aromatic carbocycles. The SMILES string of the molecule is CSc1ccc(C(=O)C=Cc2ccc(I)cc2)cc1. The Morgan fingerprint density at radius 1 is 1.05 bits per heavy atom. The van der Waals surface area contributed by atoms with Crippen molar-refractivity contribution in [2.45, 2.75) is 4.90 Å². The molecule has 19 heavy (non-hydrogen) atoms. The normalized spacial score (nSPS) is 10.8. The van der Waals surface area contributed by atoms with E-state index in [1.807, 2.05) is 60.9 Å². The van der Waals surface area contributed by atoms with Crippen molar-refractivity contribution in [3.05, 3.63) is 69.3 Å². The van der Waals surface area contributed by atoms with Crippen molar-refractivity contribution < 1.29 is 4.79 Å². The lowest BCUT2D eigenvalue weighted by Crippen LogP contribution is -1.93. The number of hydrogen-bond donors (Lipinski definition) is 0. The van der Waals surface area contributed by atoms with Crippen molar-refractivity contribution in [3.8, 4) is 0 Å². The molecule has 0 atom stereocenters. The molecule has 0 amide bonds. The first-order valence-corrected chi connectivity index (χ1v) is 8.11. The summed E-state index contributed by atoms with van der Waals surface area (Å²) in [4.78, 5) is 13.2. The summed E-state index contributed by atoms with van der Waals surface area (Å²) in [5, 5.41) is 0. The third kappa shape index (κ3) is 4.21. The number of carbonyl (C=O) groups is 1. The van der Waals surface area contributed by atoms with Crippen molar-refractivity contribution >= 4 is 46.2 Å². The number of ketones is 1. The molecule has 0 aromatic heterocycles. The van der Waals surface area contributed by atoms with Crippen LogP contribution < -0.4 is 0 Å². The Hall–Kier alpha value is -1.07. The average molecular weight is 380 g/mol. The maximum Gasteiger partial charge on any atom is 0.185 e. The Balaban J connectivity index is 2.09. The average Bonchev–Trinajstić information content (AvgIpc) is 2.46. The molecular formula is C16H13IOS. The van der Waals surface area contributed by atoms with Gasteiger partial charge in [0.05, 0.1) is 0 Å². The molecule has 2 aromatic rings. The molecule has 0 saturated carbocycles. The maximum atomic E-state index is 12.0. The highest BCUT2D eigenvalue weighted by molar-refractivity contribution is 14.1. The molecule has 1 nitrogen and oxygen atoms in total. The fourth-order valence-corrected chi connectivity index (χ4v) is 2.37. The zero-order chi connectivity index (χ0) is 13.7. The molecular weight excluding hydrogens is 367 g/mol. The van der Waals surface area contributed by atoms with E-state index in [-0.39, 0.29) is 5.78 Å². The van der Waals surface area contributed by atoms with E-state index in [2.05, 4.69) is 22.6 Å². The first-order valence-electron chi connectivity index (χ1n) is 5.81. The van der Waals surface area contributed by atoms with Gasteiger partial charge in [0.15, 0.2) is 5.78 Å². The number of halogens is 1. The van der Waals surface area contributed by atoms with E-state index in [1.54, 1.807) is 17.8 Å². The van der Waals surface area contributed by atoms with Gasteiger partial charge in [-0.05, 0) is 76.9 Å². The van der Waals surface area contributed by atoms with Gasteiger partial charge in [-0.3, -0.25) is 4.79 Å². The van der Waals surface area contributed by atoms with E-state index in [1.165, 1.54) is 3.57 Å². The van der Waals surface area contributed by atoms with Crippen LogP contribution in [0, 0.1) is 3.57 Å². The largest absolute Gasteiger partial charge is 0.289 e. The number of allylic oxidation sites excluding steroid dienone is 1. The van der Waals surface area contributed by atoms with Crippen LogP contribution in [0.2, 0.25) is 0 Å². The molecule has 96 valence electrons. The molecule has 0 N–H and O–H groups in total. The van der Waals surface area contributed by atoms with Crippen LogP contribution in [0.25, 0.3) is 6.08 Å². The standard InChI is InChI=1S/C16H13IOS/c1-19-15-9-5-13(6-10-15)16(18)11-4-12-2-7-14(17)8-3-12/h2-11H,1H3. The highest BCUT2D eigenvalue weighted by atomic mass is 127. The van der Waals surface area contributed by atoms with Crippen LogP contribution in [0.1, 0.15) is 15.9 Å². The van der Waals surface area contributed by atoms with Gasteiger partial charge in [0.25, 0.3) is 0 Å². The second-order valence-electron chi connectivity index (χ2n) is 3.98. The third-order valence-electron chi connectivity index (χ3n) is 2.67. The van der Waals surface area contributed by atoms with Crippen molar-refractivity contribution in [1.82, 2.24) is 0 Å². The maximum absolute atomic E-state index is 12.0. The van der Waals surface area contributed by atoms with Gasteiger partial charge in [-0.25, -0.2) is 0 Å². The Kier molecular flexibility index (Phi) is 5.22. The number of rotatable bonds is 4. The number of hydrogen-bond acceptors (Lipinski definition) is 2. The van der Waals surface area contributed by atoms with Crippen molar-refractivity contribution in [2.24, 2.45) is 0 Å². The van der Waals surface area contributed by atoms with Gasteiger partial charge in [-0.1, -0.05) is 18.2 Å². The molecule has 0 fully saturated rings. The van der Waals surface area contributed by atoms with Gasteiger partial charge in [0, 0.05) is 14.0 Å². The Morgan fingerprint density at radius 2 is 1.68 bits per heavy atom. The van der Waals surface area contributed by atoms with Crippen molar-refractivity contribution in [3.63, 3.8) is 0 Å². The molecule has 2 rings (SSSR count).